The second-order valence-corrected chi connectivity index (χ2v) is 7.20. The Morgan fingerprint density at radius 3 is 2.80 bits per heavy atom. The predicted molar refractivity (Wildman–Crippen MR) is 130 cm³/mol. The molecule has 3 rings (SSSR count). The number of carbonyl (C=O) groups is 1. The van der Waals surface area contributed by atoms with Crippen molar-refractivity contribution in [3.63, 3.8) is 0 Å². The van der Waals surface area contributed by atoms with E-state index in [0.29, 0.717) is 30.7 Å². The third-order valence-corrected chi connectivity index (χ3v) is 4.51. The lowest BCUT2D eigenvalue weighted by Crippen LogP contribution is -2.41. The smallest absolute Gasteiger partial charge is 0.243 e. The number of benzene rings is 1. The van der Waals surface area contributed by atoms with Crippen LogP contribution in [0, 0.1) is 12.8 Å². The van der Waals surface area contributed by atoms with Crippen LogP contribution in [-0.2, 0) is 11.3 Å². The number of rotatable bonds is 9. The molecule has 1 amide bonds. The van der Waals surface area contributed by atoms with Crippen LogP contribution < -0.4 is 20.7 Å². The van der Waals surface area contributed by atoms with Crippen molar-refractivity contribution in [3.8, 4) is 5.75 Å². The van der Waals surface area contributed by atoms with Gasteiger partial charge in [-0.25, -0.2) is 4.99 Å². The normalized spacial score (nSPS) is 13.2. The molecule has 1 aliphatic carbocycles. The first-order valence-electron chi connectivity index (χ1n) is 10.1. The zero-order valence-electron chi connectivity index (χ0n) is 17.5. The number of nitrogens with one attached hydrogen (secondary N) is 3. The summed E-state index contributed by atoms with van der Waals surface area (Å²) in [7, 11) is 0. The van der Waals surface area contributed by atoms with Crippen molar-refractivity contribution in [2.75, 3.05) is 25.0 Å². The highest BCUT2D eigenvalue weighted by atomic mass is 127. The van der Waals surface area contributed by atoms with E-state index in [9.17, 15) is 4.79 Å². The molecule has 3 N–H and O–H groups in total. The number of aromatic nitrogens is 1. The second-order valence-electron chi connectivity index (χ2n) is 7.20. The van der Waals surface area contributed by atoms with Gasteiger partial charge in [0.2, 0.25) is 5.91 Å². The Labute approximate surface area is 195 Å². The van der Waals surface area contributed by atoms with E-state index in [0.717, 1.165) is 17.9 Å². The fraction of sp³-hybridized carbons (Fsp3) is 0.409. The van der Waals surface area contributed by atoms with E-state index in [-0.39, 0.29) is 36.4 Å². The Hall–Kier alpha value is -2.36. The van der Waals surface area contributed by atoms with E-state index in [1.807, 2.05) is 6.92 Å². The molecule has 1 heterocycles. The summed E-state index contributed by atoms with van der Waals surface area (Å²) in [6, 6.07) is 9.76. The van der Waals surface area contributed by atoms with Gasteiger partial charge in [0.1, 0.15) is 5.75 Å². The standard InChI is InChI=1S/C22H29N5O2.HI/c1-3-24-22(26-14-21(28)27-19-5-4-10-23-13-19)25-12-18-9-6-16(2)11-20(18)29-15-17-7-8-17;/h4-6,9-11,13,17H,3,7-8,12,14-15H2,1-2H3,(H,27,28)(H2,24,25,26);1H. The average Bonchev–Trinajstić information content (AvgIpc) is 3.55. The van der Waals surface area contributed by atoms with Crippen LogP contribution in [0.15, 0.2) is 47.7 Å². The minimum absolute atomic E-state index is 0. The van der Waals surface area contributed by atoms with Crippen molar-refractivity contribution in [2.45, 2.75) is 33.2 Å². The summed E-state index contributed by atoms with van der Waals surface area (Å²) < 4.78 is 6.02. The lowest BCUT2D eigenvalue weighted by molar-refractivity contribution is -0.115. The number of hydrogen-bond acceptors (Lipinski definition) is 4. The molecule has 0 spiro atoms. The largest absolute Gasteiger partial charge is 0.493 e. The minimum atomic E-state index is -0.160. The van der Waals surface area contributed by atoms with E-state index in [1.165, 1.54) is 18.4 Å². The molecule has 7 nitrogen and oxygen atoms in total. The summed E-state index contributed by atoms with van der Waals surface area (Å²) in [6.45, 7) is 6.11. The second kappa shape index (κ2) is 12.4. The Balaban J connectivity index is 0.00000320. The van der Waals surface area contributed by atoms with E-state index in [1.54, 1.807) is 24.5 Å². The van der Waals surface area contributed by atoms with Crippen molar-refractivity contribution < 1.29 is 9.53 Å². The van der Waals surface area contributed by atoms with Crippen LogP contribution in [-0.4, -0.2) is 36.5 Å². The molecule has 0 radical (unpaired) electrons. The molecule has 2 aromatic rings. The summed E-state index contributed by atoms with van der Waals surface area (Å²) in [5.41, 5.74) is 2.87. The monoisotopic (exact) mass is 523 g/mol. The number of ether oxygens (including phenoxy) is 1. The van der Waals surface area contributed by atoms with Gasteiger partial charge in [-0.3, -0.25) is 9.78 Å². The summed E-state index contributed by atoms with van der Waals surface area (Å²) in [6.07, 6.45) is 5.79. The third kappa shape index (κ3) is 8.17. The van der Waals surface area contributed by atoms with Crippen LogP contribution in [0.4, 0.5) is 5.69 Å². The van der Waals surface area contributed by atoms with Gasteiger partial charge in [0.05, 0.1) is 31.6 Å². The van der Waals surface area contributed by atoms with Gasteiger partial charge in [0, 0.05) is 18.3 Å². The molecule has 1 aliphatic rings. The van der Waals surface area contributed by atoms with Gasteiger partial charge in [-0.1, -0.05) is 12.1 Å². The number of guanidine groups is 1. The van der Waals surface area contributed by atoms with Gasteiger partial charge < -0.3 is 20.7 Å². The Bertz CT molecular complexity index is 841. The fourth-order valence-electron chi connectivity index (χ4n) is 2.73. The molecule has 8 heteroatoms. The number of aryl methyl sites for hydroxylation is 1. The van der Waals surface area contributed by atoms with Gasteiger partial charge in [-0.15, -0.1) is 24.0 Å². The first-order valence-corrected chi connectivity index (χ1v) is 10.1. The van der Waals surface area contributed by atoms with Gasteiger partial charge in [-0.2, -0.15) is 0 Å². The molecule has 0 unspecified atom stereocenters. The molecule has 0 saturated heterocycles. The summed E-state index contributed by atoms with van der Waals surface area (Å²) >= 11 is 0. The first kappa shape index (κ1) is 23.9. The Morgan fingerprint density at radius 2 is 2.10 bits per heavy atom. The quantitative estimate of drug-likeness (QED) is 0.266. The lowest BCUT2D eigenvalue weighted by Gasteiger charge is -2.13. The molecule has 0 aliphatic heterocycles. The molecule has 1 aromatic carbocycles. The van der Waals surface area contributed by atoms with E-state index < -0.39 is 0 Å². The number of nitrogens with zero attached hydrogens (tertiary/aromatic N) is 2. The Kier molecular flexibility index (Phi) is 9.85. The Morgan fingerprint density at radius 1 is 1.27 bits per heavy atom. The maximum absolute atomic E-state index is 12.1. The molecular formula is C22H30IN5O2. The highest BCUT2D eigenvalue weighted by Gasteiger charge is 2.22. The van der Waals surface area contributed by atoms with Gasteiger partial charge in [-0.05, 0) is 56.4 Å². The number of aliphatic imine (C=N–C) groups is 1. The van der Waals surface area contributed by atoms with Crippen LogP contribution in [0.1, 0.15) is 30.9 Å². The SMILES string of the molecule is CCNC(=NCc1ccc(C)cc1OCC1CC1)NCC(=O)Nc1cccnc1.I. The predicted octanol–water partition coefficient (Wildman–Crippen LogP) is 3.49. The molecule has 0 atom stereocenters. The third-order valence-electron chi connectivity index (χ3n) is 4.51. The van der Waals surface area contributed by atoms with Crippen LogP contribution in [0.2, 0.25) is 0 Å². The highest BCUT2D eigenvalue weighted by molar-refractivity contribution is 14.0. The maximum Gasteiger partial charge on any atom is 0.243 e. The molecule has 1 fully saturated rings. The molecular weight excluding hydrogens is 493 g/mol. The molecule has 1 saturated carbocycles. The fourth-order valence-corrected chi connectivity index (χ4v) is 2.73. The van der Waals surface area contributed by atoms with Gasteiger partial charge in [0.15, 0.2) is 5.96 Å². The van der Waals surface area contributed by atoms with E-state index >= 15 is 0 Å². The number of carbonyl (C=O) groups excluding carboxylic acids is 1. The topological polar surface area (TPSA) is 87.6 Å². The molecule has 30 heavy (non-hydrogen) atoms. The average molecular weight is 523 g/mol. The molecule has 1 aromatic heterocycles. The van der Waals surface area contributed by atoms with Crippen molar-refractivity contribution in [1.82, 2.24) is 15.6 Å². The number of hydrogen-bond donors (Lipinski definition) is 3. The number of anilines is 1. The lowest BCUT2D eigenvalue weighted by atomic mass is 10.1. The summed E-state index contributed by atoms with van der Waals surface area (Å²) in [5.74, 6) is 2.02. The zero-order chi connectivity index (χ0) is 20.5. The maximum atomic E-state index is 12.1. The van der Waals surface area contributed by atoms with Gasteiger partial charge >= 0.3 is 0 Å². The minimum Gasteiger partial charge on any atom is -0.493 e. The van der Waals surface area contributed by atoms with Gasteiger partial charge in [0.25, 0.3) is 0 Å². The van der Waals surface area contributed by atoms with Crippen LogP contribution in [0.3, 0.4) is 0 Å². The van der Waals surface area contributed by atoms with Crippen molar-refractivity contribution in [2.24, 2.45) is 10.9 Å². The number of amides is 1. The summed E-state index contributed by atoms with van der Waals surface area (Å²) in [4.78, 5) is 20.7. The molecule has 0 bridgehead atoms. The number of pyridine rings is 1. The van der Waals surface area contributed by atoms with E-state index in [4.69, 9.17) is 4.74 Å². The molecule has 162 valence electrons. The zero-order valence-corrected chi connectivity index (χ0v) is 19.8. The van der Waals surface area contributed by atoms with Crippen molar-refractivity contribution in [1.29, 1.82) is 0 Å². The van der Waals surface area contributed by atoms with E-state index in [2.05, 4.69) is 51.0 Å². The van der Waals surface area contributed by atoms with Crippen molar-refractivity contribution in [3.05, 3.63) is 53.9 Å². The van der Waals surface area contributed by atoms with Crippen LogP contribution in [0.5, 0.6) is 5.75 Å². The van der Waals surface area contributed by atoms with Crippen LogP contribution >= 0.6 is 24.0 Å². The highest BCUT2D eigenvalue weighted by Crippen LogP contribution is 2.30. The summed E-state index contributed by atoms with van der Waals surface area (Å²) in [5, 5.41) is 9.03. The first-order chi connectivity index (χ1) is 14.1. The van der Waals surface area contributed by atoms with Crippen LogP contribution in [0.25, 0.3) is 0 Å². The van der Waals surface area contributed by atoms with Crippen molar-refractivity contribution >= 4 is 41.5 Å². The number of halogens is 1.